The molecule has 7 heteroatoms. The summed E-state index contributed by atoms with van der Waals surface area (Å²) in [4.78, 5) is 32.1. The molecule has 1 fully saturated rings. The number of hydrogen-bond donors (Lipinski definition) is 1. The summed E-state index contributed by atoms with van der Waals surface area (Å²) in [6.45, 7) is 4.37. The summed E-state index contributed by atoms with van der Waals surface area (Å²) in [5, 5.41) is 11.3. The summed E-state index contributed by atoms with van der Waals surface area (Å²) < 4.78 is 10.6. The molecule has 0 bridgehead atoms. The first-order valence-electron chi connectivity index (χ1n) is 11.3. The molecule has 0 saturated carbocycles. The molecule has 1 aromatic heterocycles. The van der Waals surface area contributed by atoms with E-state index in [0.29, 0.717) is 23.0 Å². The monoisotopic (exact) mass is 472 g/mol. The Bertz CT molecular complexity index is 1270. The number of nitrogens with zero attached hydrogens (tertiary/aromatic N) is 2. The van der Waals surface area contributed by atoms with Gasteiger partial charge in [-0.25, -0.2) is 0 Å². The highest BCUT2D eigenvalue weighted by molar-refractivity contribution is 6.46. The Hall–Kier alpha value is -4.13. The third-order valence-corrected chi connectivity index (χ3v) is 6.19. The normalized spacial score (nSPS) is 17.2. The molecule has 0 spiro atoms. The molecule has 35 heavy (non-hydrogen) atoms. The topological polar surface area (TPSA) is 89.0 Å². The van der Waals surface area contributed by atoms with Crippen molar-refractivity contribution in [3.05, 3.63) is 94.8 Å². The van der Waals surface area contributed by atoms with Crippen LogP contribution in [0.1, 0.15) is 48.1 Å². The van der Waals surface area contributed by atoms with Gasteiger partial charge in [0.05, 0.1) is 25.8 Å². The molecule has 7 nitrogen and oxygen atoms in total. The molecule has 2 aromatic carbocycles. The first-order chi connectivity index (χ1) is 16.8. The number of pyridine rings is 1. The van der Waals surface area contributed by atoms with E-state index in [-0.39, 0.29) is 17.9 Å². The fourth-order valence-corrected chi connectivity index (χ4v) is 4.28. The zero-order chi connectivity index (χ0) is 25.1. The Morgan fingerprint density at radius 2 is 1.74 bits per heavy atom. The number of Topliss-reactive ketones (excluding diaryl/α,β-unsaturated/α-hetero) is 1. The van der Waals surface area contributed by atoms with Gasteiger partial charge in [-0.15, -0.1) is 0 Å². The Morgan fingerprint density at radius 3 is 2.34 bits per heavy atom. The Kier molecular flexibility index (Phi) is 6.87. The van der Waals surface area contributed by atoms with E-state index in [1.165, 1.54) is 19.1 Å². The van der Waals surface area contributed by atoms with Gasteiger partial charge in [-0.05, 0) is 46.9 Å². The average Bonchev–Trinajstić information content (AvgIpc) is 3.13. The van der Waals surface area contributed by atoms with Crippen molar-refractivity contribution in [2.75, 3.05) is 14.2 Å². The number of rotatable bonds is 7. The van der Waals surface area contributed by atoms with Gasteiger partial charge >= 0.3 is 0 Å². The number of likely N-dealkylation sites (tertiary alicyclic amines) is 1. The predicted molar refractivity (Wildman–Crippen MR) is 132 cm³/mol. The van der Waals surface area contributed by atoms with Crippen molar-refractivity contribution in [1.82, 2.24) is 9.88 Å². The average molecular weight is 473 g/mol. The lowest BCUT2D eigenvalue weighted by Crippen LogP contribution is -2.29. The Balaban J connectivity index is 1.86. The molecule has 3 aromatic rings. The van der Waals surface area contributed by atoms with Gasteiger partial charge in [0.25, 0.3) is 11.7 Å². The molecule has 0 aliphatic carbocycles. The van der Waals surface area contributed by atoms with Gasteiger partial charge in [0, 0.05) is 24.5 Å². The van der Waals surface area contributed by atoms with Crippen LogP contribution in [-0.4, -0.2) is 40.9 Å². The van der Waals surface area contributed by atoms with Crippen LogP contribution in [0.4, 0.5) is 0 Å². The van der Waals surface area contributed by atoms with Gasteiger partial charge in [-0.1, -0.05) is 44.2 Å². The van der Waals surface area contributed by atoms with E-state index in [9.17, 15) is 14.7 Å². The molecule has 1 N–H and O–H groups in total. The number of benzene rings is 2. The third-order valence-electron chi connectivity index (χ3n) is 6.19. The smallest absolute Gasteiger partial charge is 0.295 e. The number of ether oxygens (including phenoxy) is 2. The van der Waals surface area contributed by atoms with Crippen molar-refractivity contribution < 1.29 is 24.2 Å². The molecular weight excluding hydrogens is 444 g/mol. The number of aliphatic hydroxyl groups is 1. The van der Waals surface area contributed by atoms with Crippen LogP contribution in [-0.2, 0) is 16.1 Å². The molecule has 1 atom stereocenters. The number of aliphatic hydroxyl groups excluding tert-OH is 1. The molecule has 2 heterocycles. The highest BCUT2D eigenvalue weighted by Gasteiger charge is 2.46. The van der Waals surface area contributed by atoms with Gasteiger partial charge in [0.2, 0.25) is 0 Å². The number of amides is 1. The van der Waals surface area contributed by atoms with Crippen LogP contribution >= 0.6 is 0 Å². The van der Waals surface area contributed by atoms with Gasteiger partial charge in [-0.2, -0.15) is 0 Å². The van der Waals surface area contributed by atoms with Gasteiger partial charge in [0.1, 0.15) is 5.76 Å². The zero-order valence-corrected chi connectivity index (χ0v) is 20.2. The van der Waals surface area contributed by atoms with Crippen molar-refractivity contribution >= 4 is 17.4 Å². The fraction of sp³-hybridized carbons (Fsp3) is 0.250. The number of carbonyl (C=O) groups is 2. The number of hydrogen-bond acceptors (Lipinski definition) is 6. The number of carbonyl (C=O) groups excluding carboxylic acids is 2. The number of methoxy groups -OCH3 is 2. The highest BCUT2D eigenvalue weighted by atomic mass is 16.5. The quantitative estimate of drug-likeness (QED) is 0.301. The van der Waals surface area contributed by atoms with Crippen LogP contribution in [0.25, 0.3) is 5.76 Å². The minimum atomic E-state index is -0.760. The summed E-state index contributed by atoms with van der Waals surface area (Å²) in [5.74, 6) is -0.456. The van der Waals surface area contributed by atoms with E-state index in [4.69, 9.17) is 9.47 Å². The Labute approximate surface area is 204 Å². The first-order valence-corrected chi connectivity index (χ1v) is 11.3. The van der Waals surface area contributed by atoms with Crippen LogP contribution in [0.2, 0.25) is 0 Å². The van der Waals surface area contributed by atoms with E-state index in [0.717, 1.165) is 16.7 Å². The Morgan fingerprint density at radius 1 is 1.03 bits per heavy atom. The van der Waals surface area contributed by atoms with E-state index in [2.05, 4.69) is 18.8 Å². The van der Waals surface area contributed by atoms with Crippen LogP contribution in [0.15, 0.2) is 72.6 Å². The lowest BCUT2D eigenvalue weighted by Gasteiger charge is -2.25. The van der Waals surface area contributed by atoms with E-state index < -0.39 is 17.7 Å². The van der Waals surface area contributed by atoms with Crippen molar-refractivity contribution in [3.63, 3.8) is 0 Å². The largest absolute Gasteiger partial charge is 0.507 e. The second-order valence-corrected chi connectivity index (χ2v) is 8.68. The van der Waals surface area contributed by atoms with Gasteiger partial charge in [0.15, 0.2) is 11.5 Å². The lowest BCUT2D eigenvalue weighted by atomic mass is 9.93. The van der Waals surface area contributed by atoms with E-state index >= 15 is 0 Å². The molecule has 1 aliphatic rings. The summed E-state index contributed by atoms with van der Waals surface area (Å²) >= 11 is 0. The van der Waals surface area contributed by atoms with Crippen LogP contribution < -0.4 is 9.47 Å². The van der Waals surface area contributed by atoms with E-state index in [1.807, 2.05) is 30.3 Å². The molecule has 180 valence electrons. The zero-order valence-electron chi connectivity index (χ0n) is 20.2. The minimum absolute atomic E-state index is 0.0309. The van der Waals surface area contributed by atoms with E-state index in [1.54, 1.807) is 36.7 Å². The van der Waals surface area contributed by atoms with Crippen LogP contribution in [0, 0.1) is 0 Å². The SMILES string of the molecule is COc1ccc(C(O)=C2C(=O)C(=O)N(Cc3cccnc3)C2c2ccc(C(C)C)cc2)cc1OC. The fourth-order valence-electron chi connectivity index (χ4n) is 4.28. The summed E-state index contributed by atoms with van der Waals surface area (Å²) in [7, 11) is 3.01. The van der Waals surface area contributed by atoms with Crippen molar-refractivity contribution in [3.8, 4) is 11.5 Å². The first kappa shape index (κ1) is 24.0. The third kappa shape index (κ3) is 4.62. The summed E-state index contributed by atoms with van der Waals surface area (Å²) in [6.07, 6.45) is 3.31. The lowest BCUT2D eigenvalue weighted by molar-refractivity contribution is -0.140. The summed E-state index contributed by atoms with van der Waals surface area (Å²) in [5.41, 5.74) is 3.04. The molecule has 0 radical (unpaired) electrons. The molecule has 1 saturated heterocycles. The number of ketones is 1. The van der Waals surface area contributed by atoms with Crippen LogP contribution in [0.5, 0.6) is 11.5 Å². The second kappa shape index (κ2) is 10.0. The maximum Gasteiger partial charge on any atom is 0.295 e. The molecule has 1 amide bonds. The van der Waals surface area contributed by atoms with Crippen LogP contribution in [0.3, 0.4) is 0 Å². The predicted octanol–water partition coefficient (Wildman–Crippen LogP) is 4.84. The standard InChI is InChI=1S/C28H28N2O5/c1-17(2)19-7-9-20(10-8-19)25-24(26(31)21-11-12-22(34-3)23(14-21)35-4)27(32)28(33)30(25)16-18-6-5-13-29-15-18/h5-15,17,25,31H,16H2,1-4H3. The molecule has 4 rings (SSSR count). The summed E-state index contributed by atoms with van der Waals surface area (Å²) in [6, 6.07) is 15.5. The molecule has 1 unspecified atom stereocenters. The molecule has 1 aliphatic heterocycles. The molecular formula is C28H28N2O5. The van der Waals surface area contributed by atoms with Gasteiger partial charge in [-0.3, -0.25) is 14.6 Å². The maximum absolute atomic E-state index is 13.3. The minimum Gasteiger partial charge on any atom is -0.507 e. The second-order valence-electron chi connectivity index (χ2n) is 8.68. The number of aromatic nitrogens is 1. The highest BCUT2D eigenvalue weighted by Crippen LogP contribution is 2.41. The van der Waals surface area contributed by atoms with Crippen molar-refractivity contribution in [2.45, 2.75) is 32.4 Å². The maximum atomic E-state index is 13.3. The van der Waals surface area contributed by atoms with Gasteiger partial charge < -0.3 is 19.5 Å². The van der Waals surface area contributed by atoms with Crippen molar-refractivity contribution in [2.24, 2.45) is 0 Å². The van der Waals surface area contributed by atoms with Crippen molar-refractivity contribution in [1.29, 1.82) is 0 Å².